The standard InChI is InChI=1S/C15H17BrN2O2S/c16-9-2-1-3-10-11(9)12(17)13(21-10)14(20)18-8-15(4-5-15)6-7-19/h1-3,19H,4-8,17H2,(H,18,20). The first kappa shape index (κ1) is 14.8. The van der Waals surface area contributed by atoms with E-state index in [1.807, 2.05) is 18.2 Å². The molecule has 1 aliphatic rings. The molecule has 0 spiro atoms. The average molecular weight is 369 g/mol. The van der Waals surface area contributed by atoms with E-state index < -0.39 is 0 Å². The summed E-state index contributed by atoms with van der Waals surface area (Å²) < 4.78 is 1.91. The number of rotatable bonds is 5. The molecule has 21 heavy (non-hydrogen) atoms. The Labute approximate surface area is 135 Å². The maximum atomic E-state index is 12.4. The first-order valence-corrected chi connectivity index (χ1v) is 8.53. The number of carbonyl (C=O) groups is 1. The van der Waals surface area contributed by atoms with Crippen LogP contribution in [0.1, 0.15) is 28.9 Å². The number of benzene rings is 1. The molecule has 1 fully saturated rings. The van der Waals surface area contributed by atoms with Crippen molar-refractivity contribution in [1.82, 2.24) is 5.32 Å². The molecule has 0 bridgehead atoms. The van der Waals surface area contributed by atoms with E-state index in [4.69, 9.17) is 10.8 Å². The monoisotopic (exact) mass is 368 g/mol. The molecule has 1 aromatic heterocycles. The molecular weight excluding hydrogens is 352 g/mol. The van der Waals surface area contributed by atoms with Gasteiger partial charge in [-0.3, -0.25) is 4.79 Å². The number of hydrogen-bond donors (Lipinski definition) is 3. The van der Waals surface area contributed by atoms with Crippen LogP contribution in [0.5, 0.6) is 0 Å². The minimum Gasteiger partial charge on any atom is -0.397 e. The van der Waals surface area contributed by atoms with Gasteiger partial charge in [0.1, 0.15) is 4.88 Å². The lowest BCUT2D eigenvalue weighted by atomic mass is 10.0. The molecule has 4 nitrogen and oxygen atoms in total. The van der Waals surface area contributed by atoms with Crippen LogP contribution in [0.4, 0.5) is 5.69 Å². The number of hydrogen-bond acceptors (Lipinski definition) is 4. The molecule has 0 radical (unpaired) electrons. The van der Waals surface area contributed by atoms with Gasteiger partial charge < -0.3 is 16.2 Å². The first-order chi connectivity index (χ1) is 10.1. The highest BCUT2D eigenvalue weighted by Crippen LogP contribution is 2.48. The minimum atomic E-state index is -0.121. The number of carbonyl (C=O) groups excluding carboxylic acids is 1. The fraction of sp³-hybridized carbons (Fsp3) is 0.400. The molecular formula is C15H17BrN2O2S. The second-order valence-electron chi connectivity index (χ2n) is 5.61. The van der Waals surface area contributed by atoms with Gasteiger partial charge in [0.2, 0.25) is 0 Å². The van der Waals surface area contributed by atoms with Crippen molar-refractivity contribution in [2.24, 2.45) is 5.41 Å². The van der Waals surface area contributed by atoms with Gasteiger partial charge in [0, 0.05) is 27.7 Å². The van der Waals surface area contributed by atoms with Gasteiger partial charge in [0.25, 0.3) is 5.91 Å². The highest BCUT2D eigenvalue weighted by atomic mass is 79.9. The summed E-state index contributed by atoms with van der Waals surface area (Å²) in [6, 6.07) is 5.82. The molecule has 1 aliphatic carbocycles. The zero-order chi connectivity index (χ0) is 15.0. The van der Waals surface area contributed by atoms with Crippen molar-refractivity contribution in [3.8, 4) is 0 Å². The molecule has 0 saturated heterocycles. The van der Waals surface area contributed by atoms with Crippen molar-refractivity contribution in [1.29, 1.82) is 0 Å². The van der Waals surface area contributed by atoms with E-state index in [1.54, 1.807) is 0 Å². The Morgan fingerprint density at radius 2 is 2.24 bits per heavy atom. The van der Waals surface area contributed by atoms with Gasteiger partial charge in [-0.25, -0.2) is 0 Å². The van der Waals surface area contributed by atoms with E-state index in [2.05, 4.69) is 21.2 Å². The maximum absolute atomic E-state index is 12.4. The van der Waals surface area contributed by atoms with E-state index >= 15 is 0 Å². The molecule has 1 heterocycles. The van der Waals surface area contributed by atoms with Gasteiger partial charge in [0.15, 0.2) is 0 Å². The topological polar surface area (TPSA) is 75.4 Å². The molecule has 1 saturated carbocycles. The third kappa shape index (κ3) is 2.80. The first-order valence-electron chi connectivity index (χ1n) is 6.92. The van der Waals surface area contributed by atoms with Crippen LogP contribution < -0.4 is 11.1 Å². The summed E-state index contributed by atoms with van der Waals surface area (Å²) in [6.07, 6.45) is 2.89. The smallest absolute Gasteiger partial charge is 0.263 e. The quantitative estimate of drug-likeness (QED) is 0.758. The van der Waals surface area contributed by atoms with Crippen LogP contribution in [-0.2, 0) is 0 Å². The molecule has 6 heteroatoms. The van der Waals surface area contributed by atoms with E-state index in [1.165, 1.54) is 11.3 Å². The van der Waals surface area contributed by atoms with Crippen LogP contribution in [0.15, 0.2) is 22.7 Å². The van der Waals surface area contributed by atoms with Crippen LogP contribution in [0.2, 0.25) is 0 Å². The van der Waals surface area contributed by atoms with Crippen molar-refractivity contribution in [2.45, 2.75) is 19.3 Å². The summed E-state index contributed by atoms with van der Waals surface area (Å²) in [7, 11) is 0. The molecule has 112 valence electrons. The second-order valence-corrected chi connectivity index (χ2v) is 7.52. The number of amides is 1. The fourth-order valence-corrected chi connectivity index (χ4v) is 4.35. The average Bonchev–Trinajstić information content (AvgIpc) is 3.14. The predicted octanol–water partition coefficient (Wildman–Crippen LogP) is 3.14. The second kappa shape index (κ2) is 5.59. The number of halogens is 1. The molecule has 0 aliphatic heterocycles. The lowest BCUT2D eigenvalue weighted by molar-refractivity contribution is 0.0945. The normalized spacial score (nSPS) is 16.1. The highest BCUT2D eigenvalue weighted by Gasteiger charge is 2.42. The van der Waals surface area contributed by atoms with Crippen molar-refractivity contribution >= 4 is 48.9 Å². The van der Waals surface area contributed by atoms with Crippen molar-refractivity contribution in [2.75, 3.05) is 18.9 Å². The van der Waals surface area contributed by atoms with Gasteiger partial charge in [-0.15, -0.1) is 11.3 Å². The van der Waals surface area contributed by atoms with Gasteiger partial charge in [-0.05, 0) is 36.8 Å². The van der Waals surface area contributed by atoms with E-state index in [0.717, 1.165) is 33.8 Å². The molecule has 3 rings (SSSR count). The third-order valence-corrected chi connectivity index (χ3v) is 5.96. The molecule has 1 aromatic carbocycles. The number of aliphatic hydroxyl groups is 1. The highest BCUT2D eigenvalue weighted by molar-refractivity contribution is 9.10. The summed E-state index contributed by atoms with van der Waals surface area (Å²) in [6.45, 7) is 0.787. The SMILES string of the molecule is Nc1c(C(=O)NCC2(CCO)CC2)sc2cccc(Br)c12. The number of nitrogen functional groups attached to an aromatic ring is 1. The summed E-state index contributed by atoms with van der Waals surface area (Å²) in [5.74, 6) is -0.121. The minimum absolute atomic E-state index is 0.108. The molecule has 0 unspecified atom stereocenters. The lowest BCUT2D eigenvalue weighted by Crippen LogP contribution is -2.30. The number of nitrogens with one attached hydrogen (secondary N) is 1. The Kier molecular flexibility index (Phi) is 3.94. The summed E-state index contributed by atoms with van der Waals surface area (Å²) in [5.41, 5.74) is 6.78. The Morgan fingerprint density at radius 3 is 2.86 bits per heavy atom. The Balaban J connectivity index is 1.79. The largest absolute Gasteiger partial charge is 0.397 e. The van der Waals surface area contributed by atoms with Gasteiger partial charge in [0.05, 0.1) is 5.69 Å². The lowest BCUT2D eigenvalue weighted by Gasteiger charge is -2.14. The van der Waals surface area contributed by atoms with Crippen LogP contribution in [0.3, 0.4) is 0 Å². The number of anilines is 1. The number of fused-ring (bicyclic) bond motifs is 1. The molecule has 0 atom stereocenters. The van der Waals surface area contributed by atoms with Crippen LogP contribution >= 0.6 is 27.3 Å². The van der Waals surface area contributed by atoms with Crippen LogP contribution in [0.25, 0.3) is 10.1 Å². The fourth-order valence-electron chi connectivity index (χ4n) is 2.58. The zero-order valence-electron chi connectivity index (χ0n) is 11.5. The Bertz CT molecular complexity index is 694. The zero-order valence-corrected chi connectivity index (χ0v) is 13.9. The van der Waals surface area contributed by atoms with Crippen molar-refractivity contribution < 1.29 is 9.90 Å². The molecule has 1 amide bonds. The molecule has 4 N–H and O–H groups in total. The van der Waals surface area contributed by atoms with Gasteiger partial charge in [-0.1, -0.05) is 22.0 Å². The van der Waals surface area contributed by atoms with Gasteiger partial charge in [-0.2, -0.15) is 0 Å². The van der Waals surface area contributed by atoms with Crippen molar-refractivity contribution in [3.05, 3.63) is 27.5 Å². The van der Waals surface area contributed by atoms with E-state index in [-0.39, 0.29) is 17.9 Å². The van der Waals surface area contributed by atoms with E-state index in [0.29, 0.717) is 17.1 Å². The van der Waals surface area contributed by atoms with Crippen LogP contribution in [-0.4, -0.2) is 24.2 Å². The summed E-state index contributed by atoms with van der Waals surface area (Å²) >= 11 is 4.89. The number of nitrogens with two attached hydrogens (primary N) is 1. The van der Waals surface area contributed by atoms with Crippen molar-refractivity contribution in [3.63, 3.8) is 0 Å². The van der Waals surface area contributed by atoms with Gasteiger partial charge >= 0.3 is 0 Å². The predicted molar refractivity (Wildman–Crippen MR) is 89.6 cm³/mol. The number of aliphatic hydroxyl groups excluding tert-OH is 1. The third-order valence-electron chi connectivity index (χ3n) is 4.13. The Morgan fingerprint density at radius 1 is 1.48 bits per heavy atom. The summed E-state index contributed by atoms with van der Waals surface area (Å²) in [5, 5.41) is 12.9. The Hall–Kier alpha value is -1.11. The summed E-state index contributed by atoms with van der Waals surface area (Å²) in [4.78, 5) is 12.9. The maximum Gasteiger partial charge on any atom is 0.263 e. The van der Waals surface area contributed by atoms with Crippen LogP contribution in [0, 0.1) is 5.41 Å². The van der Waals surface area contributed by atoms with E-state index in [9.17, 15) is 4.79 Å². The molecule has 2 aromatic rings. The number of thiophene rings is 1.